The molecule has 0 spiro atoms. The summed E-state index contributed by atoms with van der Waals surface area (Å²) in [6.45, 7) is -0.545. The van der Waals surface area contributed by atoms with Crippen molar-refractivity contribution in [2.75, 3.05) is 6.61 Å². The van der Waals surface area contributed by atoms with Crippen LogP contribution in [0, 0.1) is 0 Å². The van der Waals surface area contributed by atoms with Gasteiger partial charge in [0.05, 0.1) is 5.52 Å². The van der Waals surface area contributed by atoms with Crippen molar-refractivity contribution in [2.45, 2.75) is 0 Å². The molecule has 0 aliphatic carbocycles. The van der Waals surface area contributed by atoms with Crippen LogP contribution in [0.4, 0.5) is 0 Å². The van der Waals surface area contributed by atoms with Crippen molar-refractivity contribution in [2.24, 2.45) is 0 Å². The van der Waals surface area contributed by atoms with Crippen molar-refractivity contribution in [1.82, 2.24) is 4.98 Å². The number of pyridine rings is 1. The Morgan fingerprint density at radius 2 is 2.07 bits per heavy atom. The first kappa shape index (κ1) is 9.61. The van der Waals surface area contributed by atoms with Crippen molar-refractivity contribution in [3.05, 3.63) is 36.0 Å². The minimum atomic E-state index is -0.545. The van der Waals surface area contributed by atoms with Gasteiger partial charge < -0.3 is 10.2 Å². The van der Waals surface area contributed by atoms with Gasteiger partial charge in [0.1, 0.15) is 18.1 Å². The molecule has 4 heteroatoms. The normalized spacial score (nSPS) is 10.5. The Hall–Kier alpha value is -1.94. The third-order valence-electron chi connectivity index (χ3n) is 2.10. The monoisotopic (exact) mass is 203 g/mol. The van der Waals surface area contributed by atoms with Gasteiger partial charge >= 0.3 is 0 Å². The standard InChI is InChI=1S/C11H9NO3/c13-6-11(15)10-3-1-7-5-8(14)2-4-9(7)12-10/h1-5,13-14H,6H2. The highest BCUT2D eigenvalue weighted by Gasteiger charge is 2.06. The van der Waals surface area contributed by atoms with E-state index in [1.807, 2.05) is 0 Å². The first-order chi connectivity index (χ1) is 7.20. The Bertz CT molecular complexity index is 522. The molecule has 0 amide bonds. The van der Waals surface area contributed by atoms with E-state index in [0.29, 0.717) is 5.52 Å². The molecule has 0 radical (unpaired) electrons. The average molecular weight is 203 g/mol. The van der Waals surface area contributed by atoms with Crippen LogP contribution in [0.2, 0.25) is 0 Å². The summed E-state index contributed by atoms with van der Waals surface area (Å²) in [5.41, 5.74) is 0.850. The summed E-state index contributed by atoms with van der Waals surface area (Å²) in [5.74, 6) is -0.254. The molecule has 4 nitrogen and oxygen atoms in total. The Balaban J connectivity index is 2.57. The van der Waals surface area contributed by atoms with E-state index < -0.39 is 12.4 Å². The largest absolute Gasteiger partial charge is 0.508 e. The van der Waals surface area contributed by atoms with Gasteiger partial charge in [0.25, 0.3) is 0 Å². The smallest absolute Gasteiger partial charge is 0.206 e. The molecule has 0 saturated heterocycles. The Morgan fingerprint density at radius 1 is 1.27 bits per heavy atom. The van der Waals surface area contributed by atoms with Gasteiger partial charge in [-0.1, -0.05) is 6.07 Å². The maximum atomic E-state index is 11.2. The maximum absolute atomic E-state index is 11.2. The number of hydrogen-bond donors (Lipinski definition) is 2. The SMILES string of the molecule is O=C(CO)c1ccc2cc(O)ccc2n1. The molecule has 0 aliphatic rings. The van der Waals surface area contributed by atoms with Crippen LogP contribution in [0.5, 0.6) is 5.75 Å². The molecule has 1 aromatic carbocycles. The zero-order valence-electron chi connectivity index (χ0n) is 7.84. The Kier molecular flexibility index (Phi) is 2.35. The van der Waals surface area contributed by atoms with Crippen molar-refractivity contribution in [3.63, 3.8) is 0 Å². The second-order valence-corrected chi connectivity index (χ2v) is 3.15. The molecule has 2 aromatic rings. The maximum Gasteiger partial charge on any atom is 0.206 e. The lowest BCUT2D eigenvalue weighted by molar-refractivity contribution is 0.0899. The summed E-state index contributed by atoms with van der Waals surface area (Å²) >= 11 is 0. The number of aromatic hydroxyl groups is 1. The van der Waals surface area contributed by atoms with E-state index >= 15 is 0 Å². The molecular formula is C11H9NO3. The molecule has 0 bridgehead atoms. The number of fused-ring (bicyclic) bond motifs is 1. The van der Waals surface area contributed by atoms with Crippen LogP contribution in [0.15, 0.2) is 30.3 Å². The highest BCUT2D eigenvalue weighted by molar-refractivity contribution is 5.97. The summed E-state index contributed by atoms with van der Waals surface area (Å²) in [5, 5.41) is 18.6. The second-order valence-electron chi connectivity index (χ2n) is 3.15. The Morgan fingerprint density at radius 3 is 2.80 bits per heavy atom. The predicted octanol–water partition coefficient (Wildman–Crippen LogP) is 1.12. The number of carbonyl (C=O) groups excluding carboxylic acids is 1. The molecule has 0 atom stereocenters. The molecule has 1 aromatic heterocycles. The van der Waals surface area contributed by atoms with E-state index in [4.69, 9.17) is 5.11 Å². The number of carbonyl (C=O) groups is 1. The lowest BCUT2D eigenvalue weighted by Crippen LogP contribution is -2.06. The van der Waals surface area contributed by atoms with Gasteiger partial charge in [-0.3, -0.25) is 4.79 Å². The molecule has 15 heavy (non-hydrogen) atoms. The number of benzene rings is 1. The van der Waals surface area contributed by atoms with Crippen LogP contribution < -0.4 is 0 Å². The molecule has 76 valence electrons. The summed E-state index contributed by atoms with van der Waals surface area (Å²) in [4.78, 5) is 15.2. The first-order valence-corrected chi connectivity index (χ1v) is 4.44. The van der Waals surface area contributed by atoms with Crippen molar-refractivity contribution < 1.29 is 15.0 Å². The highest BCUT2D eigenvalue weighted by Crippen LogP contribution is 2.18. The number of aliphatic hydroxyl groups excluding tert-OH is 1. The topological polar surface area (TPSA) is 70.4 Å². The van der Waals surface area contributed by atoms with Crippen molar-refractivity contribution in [3.8, 4) is 5.75 Å². The summed E-state index contributed by atoms with van der Waals surface area (Å²) in [6.07, 6.45) is 0. The zero-order valence-corrected chi connectivity index (χ0v) is 7.84. The van der Waals surface area contributed by atoms with Gasteiger partial charge in [-0.2, -0.15) is 0 Å². The minimum absolute atomic E-state index is 0.158. The molecule has 0 saturated carbocycles. The molecule has 2 N–H and O–H groups in total. The number of hydrogen-bond acceptors (Lipinski definition) is 4. The van der Waals surface area contributed by atoms with E-state index in [1.165, 1.54) is 12.1 Å². The lowest BCUT2D eigenvalue weighted by atomic mass is 10.1. The fourth-order valence-corrected chi connectivity index (χ4v) is 1.35. The molecule has 0 unspecified atom stereocenters. The molecular weight excluding hydrogens is 194 g/mol. The fourth-order valence-electron chi connectivity index (χ4n) is 1.35. The molecule has 2 rings (SSSR count). The van der Waals surface area contributed by atoms with Crippen LogP contribution in [-0.2, 0) is 0 Å². The van der Waals surface area contributed by atoms with E-state index in [0.717, 1.165) is 5.39 Å². The number of ketones is 1. The summed E-state index contributed by atoms with van der Waals surface area (Å²) < 4.78 is 0. The molecule has 0 fully saturated rings. The minimum Gasteiger partial charge on any atom is -0.508 e. The van der Waals surface area contributed by atoms with Gasteiger partial charge in [-0.15, -0.1) is 0 Å². The quantitative estimate of drug-likeness (QED) is 0.717. The number of Topliss-reactive ketones (excluding diaryl/α,β-unsaturated/α-hetero) is 1. The van der Waals surface area contributed by atoms with Crippen LogP contribution >= 0.6 is 0 Å². The second kappa shape index (κ2) is 3.67. The summed E-state index contributed by atoms with van der Waals surface area (Å²) in [7, 11) is 0. The fraction of sp³-hybridized carbons (Fsp3) is 0.0909. The molecule has 0 aliphatic heterocycles. The van der Waals surface area contributed by atoms with Gasteiger partial charge in [0, 0.05) is 5.39 Å². The van der Waals surface area contributed by atoms with Gasteiger partial charge in [0.2, 0.25) is 5.78 Å². The van der Waals surface area contributed by atoms with Gasteiger partial charge in [-0.05, 0) is 24.3 Å². The molecule has 1 heterocycles. The van der Waals surface area contributed by atoms with E-state index in [1.54, 1.807) is 18.2 Å². The summed E-state index contributed by atoms with van der Waals surface area (Å²) in [6, 6.07) is 7.90. The van der Waals surface area contributed by atoms with Crippen LogP contribution in [0.1, 0.15) is 10.5 Å². The van der Waals surface area contributed by atoms with E-state index in [-0.39, 0.29) is 11.4 Å². The average Bonchev–Trinajstić information content (AvgIpc) is 2.27. The number of rotatable bonds is 2. The van der Waals surface area contributed by atoms with Crippen LogP contribution in [0.3, 0.4) is 0 Å². The predicted molar refractivity (Wildman–Crippen MR) is 54.8 cm³/mol. The number of phenols is 1. The van der Waals surface area contributed by atoms with Crippen molar-refractivity contribution >= 4 is 16.7 Å². The number of phenolic OH excluding ortho intramolecular Hbond substituents is 1. The number of aliphatic hydroxyl groups is 1. The van der Waals surface area contributed by atoms with Crippen LogP contribution in [0.25, 0.3) is 10.9 Å². The Labute approximate surface area is 85.8 Å². The van der Waals surface area contributed by atoms with Crippen LogP contribution in [-0.4, -0.2) is 27.6 Å². The zero-order chi connectivity index (χ0) is 10.8. The number of nitrogens with zero attached hydrogens (tertiary/aromatic N) is 1. The van der Waals surface area contributed by atoms with E-state index in [2.05, 4.69) is 4.98 Å². The lowest BCUT2D eigenvalue weighted by Gasteiger charge is -2.00. The van der Waals surface area contributed by atoms with Gasteiger partial charge in [0.15, 0.2) is 0 Å². The number of aromatic nitrogens is 1. The highest BCUT2D eigenvalue weighted by atomic mass is 16.3. The third-order valence-corrected chi connectivity index (χ3v) is 2.10. The third kappa shape index (κ3) is 1.80. The first-order valence-electron chi connectivity index (χ1n) is 4.44. The van der Waals surface area contributed by atoms with Gasteiger partial charge in [-0.25, -0.2) is 4.98 Å². The van der Waals surface area contributed by atoms with Crippen molar-refractivity contribution in [1.29, 1.82) is 0 Å². The van der Waals surface area contributed by atoms with E-state index in [9.17, 15) is 9.90 Å².